The highest BCUT2D eigenvalue weighted by Crippen LogP contribution is 1.98. The van der Waals surface area contributed by atoms with Crippen LogP contribution < -0.4 is 5.84 Å². The molecule has 0 spiro atoms. The molecule has 0 aliphatic carbocycles. The maximum Gasteiger partial charge on any atom is 0.256 e. The summed E-state index contributed by atoms with van der Waals surface area (Å²) in [6.07, 6.45) is 3.77. The lowest BCUT2D eigenvalue weighted by atomic mass is 10.3. The number of hydrogen-bond acceptors (Lipinski definition) is 4. The number of aliphatic imine (C=N–C) groups is 1. The van der Waals surface area contributed by atoms with Gasteiger partial charge in [-0.15, -0.1) is 5.10 Å². The largest absolute Gasteiger partial charge is 0.471 e. The molecule has 1 aliphatic rings. The molecule has 70 valence electrons. The van der Waals surface area contributed by atoms with Gasteiger partial charge in [-0.3, -0.25) is 4.79 Å². The molecule has 0 aromatic carbocycles. The fourth-order valence-electron chi connectivity index (χ4n) is 0.834. The molecule has 1 rings (SSSR count). The van der Waals surface area contributed by atoms with E-state index in [0.717, 1.165) is 0 Å². The first-order valence-electron chi connectivity index (χ1n) is 3.97. The minimum absolute atomic E-state index is 0.212. The third-order valence-electron chi connectivity index (χ3n) is 1.48. The van der Waals surface area contributed by atoms with Crippen molar-refractivity contribution in [1.82, 2.24) is 0 Å². The number of carbonyl (C=O) groups is 1. The summed E-state index contributed by atoms with van der Waals surface area (Å²) in [5.74, 6) is 5.04. The molecule has 5 nitrogen and oxygen atoms in total. The molecule has 2 N–H and O–H groups in total. The van der Waals surface area contributed by atoms with Crippen LogP contribution in [0.5, 0.6) is 0 Å². The fraction of sp³-hybridized carbons (Fsp3) is 0.375. The maximum atomic E-state index is 11.0. The van der Waals surface area contributed by atoms with E-state index in [2.05, 4.69) is 10.1 Å². The van der Waals surface area contributed by atoms with Gasteiger partial charge in [-0.05, 0) is 12.2 Å². The first kappa shape index (κ1) is 9.44. The molecule has 0 aromatic heterocycles. The monoisotopic (exact) mass is 181 g/mol. The average Bonchev–Trinajstić information content (AvgIpc) is 2.18. The molecule has 0 fully saturated rings. The number of ether oxygens (including phenoxy) is 1. The van der Waals surface area contributed by atoms with Crippen molar-refractivity contribution < 1.29 is 9.53 Å². The van der Waals surface area contributed by atoms with Crippen molar-refractivity contribution in [2.75, 3.05) is 6.61 Å². The van der Waals surface area contributed by atoms with Crippen molar-refractivity contribution in [3.05, 3.63) is 12.2 Å². The molecule has 0 bridgehead atoms. The predicted molar refractivity (Wildman–Crippen MR) is 49.4 cm³/mol. The summed E-state index contributed by atoms with van der Waals surface area (Å²) in [6.45, 7) is 2.15. The highest BCUT2D eigenvalue weighted by atomic mass is 16.5. The summed E-state index contributed by atoms with van der Waals surface area (Å²) in [5.41, 5.74) is 0.389. The van der Waals surface area contributed by atoms with Crippen LogP contribution in [0.25, 0.3) is 0 Å². The number of hydrogen-bond donors (Lipinski definition) is 1. The summed E-state index contributed by atoms with van der Waals surface area (Å²) in [4.78, 5) is 14.7. The van der Waals surface area contributed by atoms with Gasteiger partial charge in [0.2, 0.25) is 5.91 Å². The first-order valence-corrected chi connectivity index (χ1v) is 3.97. The van der Waals surface area contributed by atoms with Crippen molar-refractivity contribution in [3.8, 4) is 0 Å². The zero-order chi connectivity index (χ0) is 9.68. The highest BCUT2D eigenvalue weighted by Gasteiger charge is 2.12. The number of amides is 1. The molecule has 5 heteroatoms. The van der Waals surface area contributed by atoms with E-state index in [1.165, 1.54) is 0 Å². The Hall–Kier alpha value is -1.65. The Balaban J connectivity index is 2.87. The molecule has 13 heavy (non-hydrogen) atoms. The normalized spacial score (nSPS) is 21.9. The molecule has 1 heterocycles. The van der Waals surface area contributed by atoms with Gasteiger partial charge in [-0.2, -0.15) is 0 Å². The van der Waals surface area contributed by atoms with Crippen LogP contribution in [0.1, 0.15) is 13.3 Å². The van der Waals surface area contributed by atoms with Gasteiger partial charge in [0.15, 0.2) is 0 Å². The van der Waals surface area contributed by atoms with Crippen LogP contribution in [0.2, 0.25) is 0 Å². The summed E-state index contributed by atoms with van der Waals surface area (Å²) >= 11 is 0. The van der Waals surface area contributed by atoms with Gasteiger partial charge < -0.3 is 10.6 Å². The Labute approximate surface area is 76.0 Å². The lowest BCUT2D eigenvalue weighted by Gasteiger charge is -2.09. The topological polar surface area (TPSA) is 77.0 Å². The Morgan fingerprint density at radius 2 is 2.54 bits per heavy atom. The Kier molecular flexibility index (Phi) is 3.19. The van der Waals surface area contributed by atoms with Crippen molar-refractivity contribution in [1.29, 1.82) is 0 Å². The van der Waals surface area contributed by atoms with Crippen LogP contribution >= 0.6 is 0 Å². The van der Waals surface area contributed by atoms with E-state index < -0.39 is 0 Å². The molecule has 0 radical (unpaired) electrons. The minimum Gasteiger partial charge on any atom is -0.471 e. The van der Waals surface area contributed by atoms with Gasteiger partial charge in [-0.25, -0.2) is 4.99 Å². The van der Waals surface area contributed by atoms with Crippen LogP contribution in [-0.4, -0.2) is 24.1 Å². The molecule has 1 aliphatic heterocycles. The van der Waals surface area contributed by atoms with Crippen LogP contribution in [0, 0.1) is 0 Å². The van der Waals surface area contributed by atoms with E-state index in [1.807, 2.05) is 0 Å². The molecule has 0 atom stereocenters. The molecule has 0 saturated carbocycles. The number of hydrazone groups is 1. The van der Waals surface area contributed by atoms with Crippen molar-refractivity contribution in [3.63, 3.8) is 0 Å². The number of carbonyl (C=O) groups excluding carboxylic acids is 1. The Morgan fingerprint density at radius 1 is 1.77 bits per heavy atom. The number of rotatable bonds is 1. The van der Waals surface area contributed by atoms with Gasteiger partial charge in [0.25, 0.3) is 5.90 Å². The van der Waals surface area contributed by atoms with Crippen LogP contribution in [-0.2, 0) is 9.53 Å². The average molecular weight is 181 g/mol. The van der Waals surface area contributed by atoms with E-state index in [9.17, 15) is 4.79 Å². The van der Waals surface area contributed by atoms with Gasteiger partial charge in [-0.1, -0.05) is 6.92 Å². The van der Waals surface area contributed by atoms with E-state index in [0.29, 0.717) is 18.7 Å². The molecule has 0 unspecified atom stereocenters. The number of nitrogens with zero attached hydrogens (tertiary/aromatic N) is 2. The van der Waals surface area contributed by atoms with Crippen LogP contribution in [0.4, 0.5) is 0 Å². The summed E-state index contributed by atoms with van der Waals surface area (Å²) in [7, 11) is 0. The second kappa shape index (κ2) is 4.39. The second-order valence-electron chi connectivity index (χ2n) is 2.39. The minimum atomic E-state index is -0.216. The molecule has 0 aromatic rings. The van der Waals surface area contributed by atoms with Crippen LogP contribution in [0.3, 0.4) is 0 Å². The van der Waals surface area contributed by atoms with Crippen LogP contribution in [0.15, 0.2) is 22.2 Å². The quantitative estimate of drug-likeness (QED) is 0.464. The standard InChI is InChI=1S/C8H11N3O2/c1-2-7(12)10-6-4-3-5-13-8(6)11-9/h3-4H,2,5,9H2,1H3. The number of nitrogens with two attached hydrogens (primary N) is 1. The van der Waals surface area contributed by atoms with Gasteiger partial charge >= 0.3 is 0 Å². The molecular formula is C8H11N3O2. The summed E-state index contributed by atoms with van der Waals surface area (Å²) in [6, 6.07) is 0. The lowest BCUT2D eigenvalue weighted by molar-refractivity contribution is -0.117. The Bertz CT molecular complexity index is 292. The maximum absolute atomic E-state index is 11.0. The lowest BCUT2D eigenvalue weighted by Crippen LogP contribution is -2.22. The molecular weight excluding hydrogens is 170 g/mol. The van der Waals surface area contributed by atoms with Gasteiger partial charge in [0.1, 0.15) is 12.3 Å². The highest BCUT2D eigenvalue weighted by molar-refractivity contribution is 6.45. The van der Waals surface area contributed by atoms with Gasteiger partial charge in [0, 0.05) is 6.42 Å². The van der Waals surface area contributed by atoms with E-state index in [1.54, 1.807) is 19.1 Å². The zero-order valence-electron chi connectivity index (χ0n) is 7.36. The van der Waals surface area contributed by atoms with Crippen molar-refractivity contribution >= 4 is 17.5 Å². The molecule has 0 saturated heterocycles. The second-order valence-corrected chi connectivity index (χ2v) is 2.39. The summed E-state index contributed by atoms with van der Waals surface area (Å²) < 4.78 is 5.04. The van der Waals surface area contributed by atoms with Gasteiger partial charge in [0.05, 0.1) is 0 Å². The van der Waals surface area contributed by atoms with E-state index in [-0.39, 0.29) is 11.8 Å². The smallest absolute Gasteiger partial charge is 0.256 e. The van der Waals surface area contributed by atoms with Crippen molar-refractivity contribution in [2.24, 2.45) is 15.9 Å². The molecule has 1 amide bonds. The summed E-state index contributed by atoms with van der Waals surface area (Å²) in [5, 5.41) is 3.38. The third-order valence-corrected chi connectivity index (χ3v) is 1.48. The Morgan fingerprint density at radius 3 is 3.15 bits per heavy atom. The predicted octanol–water partition coefficient (Wildman–Crippen LogP) is 0.223. The first-order chi connectivity index (χ1) is 6.27. The zero-order valence-corrected chi connectivity index (χ0v) is 7.36. The van der Waals surface area contributed by atoms with E-state index >= 15 is 0 Å². The van der Waals surface area contributed by atoms with E-state index in [4.69, 9.17) is 10.6 Å². The SMILES string of the molecule is CCC(=O)N=C1C=CCOC1=NN. The third kappa shape index (κ3) is 2.40. The fourth-order valence-corrected chi connectivity index (χ4v) is 0.834. The van der Waals surface area contributed by atoms with Crippen molar-refractivity contribution in [2.45, 2.75) is 13.3 Å².